The lowest BCUT2D eigenvalue weighted by atomic mass is 10.1. The topological polar surface area (TPSA) is 23.5 Å². The smallest absolute Gasteiger partial charge is 0.0702 e. The average molecular weight is 205 g/mol. The molecule has 0 radical (unpaired) electrons. The normalized spacial score (nSPS) is 15.4. The Morgan fingerprint density at radius 2 is 2.13 bits per heavy atom. The van der Waals surface area contributed by atoms with E-state index in [4.69, 9.17) is 0 Å². The predicted molar refractivity (Wildman–Crippen MR) is 63.1 cm³/mol. The summed E-state index contributed by atoms with van der Waals surface area (Å²) in [4.78, 5) is 2.27. The SMILES string of the molecule is Cc1ccc(N(C)CC2CC2)c(CO)c1. The van der Waals surface area contributed by atoms with Gasteiger partial charge in [0.15, 0.2) is 0 Å². The van der Waals surface area contributed by atoms with Crippen LogP contribution in [0.15, 0.2) is 18.2 Å². The van der Waals surface area contributed by atoms with Crippen LogP contribution >= 0.6 is 0 Å². The van der Waals surface area contributed by atoms with Gasteiger partial charge < -0.3 is 10.0 Å². The molecule has 1 fully saturated rings. The number of rotatable bonds is 4. The highest BCUT2D eigenvalue weighted by Crippen LogP contribution is 2.31. The quantitative estimate of drug-likeness (QED) is 0.815. The van der Waals surface area contributed by atoms with Gasteiger partial charge in [-0.1, -0.05) is 17.7 Å². The molecule has 0 unspecified atom stereocenters. The van der Waals surface area contributed by atoms with Crippen LogP contribution in [0.1, 0.15) is 24.0 Å². The van der Waals surface area contributed by atoms with Crippen molar-refractivity contribution >= 4 is 5.69 Å². The number of aliphatic hydroxyl groups excluding tert-OH is 1. The van der Waals surface area contributed by atoms with Crippen molar-refractivity contribution < 1.29 is 5.11 Å². The van der Waals surface area contributed by atoms with Crippen molar-refractivity contribution in [3.63, 3.8) is 0 Å². The van der Waals surface area contributed by atoms with E-state index in [1.54, 1.807) is 0 Å². The van der Waals surface area contributed by atoms with Crippen molar-refractivity contribution in [3.05, 3.63) is 29.3 Å². The summed E-state index contributed by atoms with van der Waals surface area (Å²) in [6, 6.07) is 6.29. The second-order valence-electron chi connectivity index (χ2n) is 4.61. The molecule has 82 valence electrons. The molecule has 2 rings (SSSR count). The first-order chi connectivity index (χ1) is 7.20. The third kappa shape index (κ3) is 2.51. The van der Waals surface area contributed by atoms with Gasteiger partial charge >= 0.3 is 0 Å². The molecule has 1 aliphatic rings. The highest BCUT2D eigenvalue weighted by atomic mass is 16.3. The Kier molecular flexibility index (Phi) is 2.96. The fraction of sp³-hybridized carbons (Fsp3) is 0.538. The van der Waals surface area contributed by atoms with E-state index < -0.39 is 0 Å². The Hall–Kier alpha value is -1.02. The van der Waals surface area contributed by atoms with E-state index in [1.165, 1.54) is 24.1 Å². The fourth-order valence-electron chi connectivity index (χ4n) is 2.00. The number of aliphatic hydroxyl groups is 1. The minimum Gasteiger partial charge on any atom is -0.392 e. The number of anilines is 1. The van der Waals surface area contributed by atoms with Crippen LogP contribution in [-0.2, 0) is 6.61 Å². The highest BCUT2D eigenvalue weighted by Gasteiger charge is 2.23. The molecule has 1 N–H and O–H groups in total. The molecule has 0 heterocycles. The van der Waals surface area contributed by atoms with Gasteiger partial charge in [-0.15, -0.1) is 0 Å². The summed E-state index contributed by atoms with van der Waals surface area (Å²) in [6.45, 7) is 3.31. The molecule has 1 aliphatic carbocycles. The highest BCUT2D eigenvalue weighted by molar-refractivity contribution is 5.54. The van der Waals surface area contributed by atoms with Gasteiger partial charge in [-0.3, -0.25) is 0 Å². The van der Waals surface area contributed by atoms with Crippen LogP contribution in [0.3, 0.4) is 0 Å². The molecule has 0 aliphatic heterocycles. The Morgan fingerprint density at radius 3 is 2.73 bits per heavy atom. The minimum absolute atomic E-state index is 0.131. The van der Waals surface area contributed by atoms with Crippen molar-refractivity contribution in [1.82, 2.24) is 0 Å². The number of nitrogens with zero attached hydrogens (tertiary/aromatic N) is 1. The molecule has 2 nitrogen and oxygen atoms in total. The number of hydrogen-bond donors (Lipinski definition) is 1. The lowest BCUT2D eigenvalue weighted by Crippen LogP contribution is -2.21. The first-order valence-corrected chi connectivity index (χ1v) is 5.62. The standard InChI is InChI=1S/C13H19NO/c1-10-3-6-13(12(7-10)9-15)14(2)8-11-4-5-11/h3,6-7,11,15H,4-5,8-9H2,1-2H3. The van der Waals surface area contributed by atoms with Gasteiger partial charge in [-0.25, -0.2) is 0 Å². The average Bonchev–Trinajstić information content (AvgIpc) is 3.01. The molecule has 0 bridgehead atoms. The summed E-state index contributed by atoms with van der Waals surface area (Å²) in [5.74, 6) is 0.878. The Balaban J connectivity index is 2.17. The van der Waals surface area contributed by atoms with Crippen LogP contribution in [0, 0.1) is 12.8 Å². The van der Waals surface area contributed by atoms with Crippen LogP contribution in [0.25, 0.3) is 0 Å². The largest absolute Gasteiger partial charge is 0.392 e. The second-order valence-corrected chi connectivity index (χ2v) is 4.61. The van der Waals surface area contributed by atoms with Gasteiger partial charge in [0.05, 0.1) is 6.61 Å². The number of benzene rings is 1. The van der Waals surface area contributed by atoms with E-state index in [-0.39, 0.29) is 6.61 Å². The molecule has 2 heteroatoms. The van der Waals surface area contributed by atoms with Gasteiger partial charge in [-0.2, -0.15) is 0 Å². The molecule has 15 heavy (non-hydrogen) atoms. The molecule has 1 saturated carbocycles. The molecule has 0 saturated heterocycles. The van der Waals surface area contributed by atoms with Crippen molar-refractivity contribution in [2.24, 2.45) is 5.92 Å². The molecule has 0 spiro atoms. The molecule has 0 amide bonds. The van der Waals surface area contributed by atoms with E-state index in [1.807, 2.05) is 0 Å². The lowest BCUT2D eigenvalue weighted by Gasteiger charge is -2.22. The summed E-state index contributed by atoms with van der Waals surface area (Å²) in [5.41, 5.74) is 3.43. The zero-order valence-corrected chi connectivity index (χ0v) is 9.53. The monoisotopic (exact) mass is 205 g/mol. The summed E-state index contributed by atoms with van der Waals surface area (Å²) in [6.07, 6.45) is 2.73. The number of aryl methyl sites for hydroxylation is 1. The minimum atomic E-state index is 0.131. The maximum Gasteiger partial charge on any atom is 0.0702 e. The maximum atomic E-state index is 9.31. The Labute approximate surface area is 91.5 Å². The predicted octanol–water partition coefficient (Wildman–Crippen LogP) is 2.33. The zero-order chi connectivity index (χ0) is 10.8. The van der Waals surface area contributed by atoms with E-state index in [2.05, 4.69) is 37.1 Å². The summed E-state index contributed by atoms with van der Waals surface area (Å²) in [7, 11) is 2.11. The Bertz CT molecular complexity index is 344. The van der Waals surface area contributed by atoms with Crippen molar-refractivity contribution in [3.8, 4) is 0 Å². The van der Waals surface area contributed by atoms with Crippen molar-refractivity contribution in [1.29, 1.82) is 0 Å². The van der Waals surface area contributed by atoms with E-state index in [0.717, 1.165) is 18.0 Å². The first kappa shape index (κ1) is 10.5. The van der Waals surface area contributed by atoms with E-state index in [9.17, 15) is 5.11 Å². The van der Waals surface area contributed by atoms with Crippen LogP contribution in [0.2, 0.25) is 0 Å². The lowest BCUT2D eigenvalue weighted by molar-refractivity contribution is 0.282. The number of hydrogen-bond acceptors (Lipinski definition) is 2. The molecular weight excluding hydrogens is 186 g/mol. The summed E-state index contributed by atoms with van der Waals surface area (Å²) >= 11 is 0. The van der Waals surface area contributed by atoms with Crippen LogP contribution in [0.5, 0.6) is 0 Å². The van der Waals surface area contributed by atoms with Crippen LogP contribution < -0.4 is 4.90 Å². The Morgan fingerprint density at radius 1 is 1.40 bits per heavy atom. The third-order valence-electron chi connectivity index (χ3n) is 3.05. The molecule has 0 atom stereocenters. The van der Waals surface area contributed by atoms with Gasteiger partial charge in [0, 0.05) is 24.8 Å². The van der Waals surface area contributed by atoms with Crippen molar-refractivity contribution in [2.75, 3.05) is 18.5 Å². The van der Waals surface area contributed by atoms with E-state index >= 15 is 0 Å². The van der Waals surface area contributed by atoms with Crippen LogP contribution in [-0.4, -0.2) is 18.7 Å². The zero-order valence-electron chi connectivity index (χ0n) is 9.53. The van der Waals surface area contributed by atoms with Gasteiger partial charge in [0.25, 0.3) is 0 Å². The van der Waals surface area contributed by atoms with Crippen LogP contribution in [0.4, 0.5) is 5.69 Å². The third-order valence-corrected chi connectivity index (χ3v) is 3.05. The molecular formula is C13H19NO. The van der Waals surface area contributed by atoms with Gasteiger partial charge in [-0.05, 0) is 31.7 Å². The molecule has 1 aromatic carbocycles. The van der Waals surface area contributed by atoms with Gasteiger partial charge in [0.1, 0.15) is 0 Å². The van der Waals surface area contributed by atoms with E-state index in [0.29, 0.717) is 0 Å². The molecule has 1 aromatic rings. The summed E-state index contributed by atoms with van der Waals surface area (Å²) in [5, 5.41) is 9.31. The molecule has 0 aromatic heterocycles. The van der Waals surface area contributed by atoms with Gasteiger partial charge in [0.2, 0.25) is 0 Å². The first-order valence-electron chi connectivity index (χ1n) is 5.62. The maximum absolute atomic E-state index is 9.31. The second kappa shape index (κ2) is 4.23. The van der Waals surface area contributed by atoms with Crippen molar-refractivity contribution in [2.45, 2.75) is 26.4 Å². The summed E-state index contributed by atoms with van der Waals surface area (Å²) < 4.78 is 0. The fourth-order valence-corrected chi connectivity index (χ4v) is 2.00.